The first-order valence-electron chi connectivity index (χ1n) is 6.86. The molecule has 18 heavy (non-hydrogen) atoms. The van der Waals surface area contributed by atoms with Crippen LogP contribution in [0.3, 0.4) is 0 Å². The molecule has 2 atom stereocenters. The first kappa shape index (κ1) is 12.2. The van der Waals surface area contributed by atoms with E-state index in [0.717, 1.165) is 32.6 Å². The molecule has 1 saturated heterocycles. The van der Waals surface area contributed by atoms with Crippen molar-refractivity contribution >= 4 is 0 Å². The summed E-state index contributed by atoms with van der Waals surface area (Å²) >= 11 is 0. The molecule has 1 aromatic rings. The first-order valence-corrected chi connectivity index (χ1v) is 6.86. The molecule has 0 amide bonds. The van der Waals surface area contributed by atoms with Gasteiger partial charge in [-0.3, -0.25) is 0 Å². The molecule has 1 heterocycles. The summed E-state index contributed by atoms with van der Waals surface area (Å²) < 4.78 is 0. The smallest absolute Gasteiger partial charge is 0.0909 e. The molecule has 0 radical (unpaired) electrons. The highest BCUT2D eigenvalue weighted by Crippen LogP contribution is 2.35. The van der Waals surface area contributed by atoms with Gasteiger partial charge in [0, 0.05) is 25.6 Å². The van der Waals surface area contributed by atoms with Crippen molar-refractivity contribution in [3.8, 4) is 0 Å². The van der Waals surface area contributed by atoms with Gasteiger partial charge in [0.15, 0.2) is 0 Å². The van der Waals surface area contributed by atoms with Gasteiger partial charge in [-0.2, -0.15) is 0 Å². The first-order chi connectivity index (χ1) is 8.66. The molecule has 2 unspecified atom stereocenters. The molecule has 1 fully saturated rings. The van der Waals surface area contributed by atoms with Gasteiger partial charge in [0.05, 0.1) is 5.60 Å². The summed E-state index contributed by atoms with van der Waals surface area (Å²) in [5.74, 6) is 0.657. The maximum Gasteiger partial charge on any atom is 0.0909 e. The maximum absolute atomic E-state index is 10.4. The van der Waals surface area contributed by atoms with Gasteiger partial charge in [-0.25, -0.2) is 0 Å². The largest absolute Gasteiger partial charge is 0.387 e. The third-order valence-electron chi connectivity index (χ3n) is 4.28. The molecule has 98 valence electrons. The quantitative estimate of drug-likeness (QED) is 0.831. The minimum atomic E-state index is -0.516. The number of hydrogen-bond acceptors (Lipinski definition) is 3. The number of hydrogen-bond donors (Lipinski definition) is 2. The standard InChI is InChI=1S/C15H22N2O/c1-17(11-15(18)6-7-16-10-15)9-13-8-12-4-2-3-5-14(12)13/h2-5,13,16,18H,6-11H2,1H3. The van der Waals surface area contributed by atoms with Crippen LogP contribution in [0.2, 0.25) is 0 Å². The van der Waals surface area contributed by atoms with Crippen molar-refractivity contribution in [3.63, 3.8) is 0 Å². The van der Waals surface area contributed by atoms with Crippen molar-refractivity contribution in [1.29, 1.82) is 0 Å². The van der Waals surface area contributed by atoms with Gasteiger partial charge in [0.1, 0.15) is 0 Å². The molecule has 0 saturated carbocycles. The number of rotatable bonds is 4. The van der Waals surface area contributed by atoms with E-state index in [0.29, 0.717) is 5.92 Å². The number of nitrogens with zero attached hydrogens (tertiary/aromatic N) is 1. The average molecular weight is 246 g/mol. The zero-order valence-corrected chi connectivity index (χ0v) is 11.0. The summed E-state index contributed by atoms with van der Waals surface area (Å²) in [6, 6.07) is 8.70. The zero-order valence-electron chi connectivity index (χ0n) is 11.0. The van der Waals surface area contributed by atoms with Crippen molar-refractivity contribution in [1.82, 2.24) is 10.2 Å². The molecular formula is C15H22N2O. The van der Waals surface area contributed by atoms with Gasteiger partial charge < -0.3 is 15.3 Å². The molecule has 1 aromatic carbocycles. The molecule has 1 aliphatic carbocycles. The van der Waals surface area contributed by atoms with Crippen LogP contribution in [-0.2, 0) is 6.42 Å². The van der Waals surface area contributed by atoms with Crippen LogP contribution in [0.1, 0.15) is 23.5 Å². The van der Waals surface area contributed by atoms with E-state index in [1.54, 1.807) is 0 Å². The summed E-state index contributed by atoms with van der Waals surface area (Å²) in [4.78, 5) is 2.29. The Hall–Kier alpha value is -0.900. The second kappa shape index (κ2) is 4.65. The maximum atomic E-state index is 10.4. The number of fused-ring (bicyclic) bond motifs is 1. The molecule has 0 spiro atoms. The van der Waals surface area contributed by atoms with Crippen LogP contribution in [-0.4, -0.2) is 48.8 Å². The molecule has 3 nitrogen and oxygen atoms in total. The topological polar surface area (TPSA) is 35.5 Å². The van der Waals surface area contributed by atoms with Crippen molar-refractivity contribution in [2.24, 2.45) is 0 Å². The predicted octanol–water partition coefficient (Wildman–Crippen LogP) is 0.982. The van der Waals surface area contributed by atoms with Crippen molar-refractivity contribution in [2.45, 2.75) is 24.4 Å². The molecule has 3 heteroatoms. The highest BCUT2D eigenvalue weighted by molar-refractivity contribution is 5.40. The van der Waals surface area contributed by atoms with E-state index in [1.165, 1.54) is 17.5 Å². The average Bonchev–Trinajstić information content (AvgIpc) is 2.72. The molecule has 2 N–H and O–H groups in total. The predicted molar refractivity (Wildman–Crippen MR) is 72.8 cm³/mol. The minimum Gasteiger partial charge on any atom is -0.387 e. The summed E-state index contributed by atoms with van der Waals surface area (Å²) in [6.07, 6.45) is 2.07. The second-order valence-corrected chi connectivity index (χ2v) is 5.95. The molecular weight excluding hydrogens is 224 g/mol. The Bertz CT molecular complexity index is 426. The Kier molecular flexibility index (Phi) is 3.14. The number of aliphatic hydroxyl groups is 1. The van der Waals surface area contributed by atoms with Gasteiger partial charge in [-0.05, 0) is 37.6 Å². The highest BCUT2D eigenvalue weighted by atomic mass is 16.3. The SMILES string of the molecule is CN(CC1Cc2ccccc21)CC1(O)CCNC1. The van der Waals surface area contributed by atoms with E-state index >= 15 is 0 Å². The number of benzene rings is 1. The van der Waals surface area contributed by atoms with Crippen LogP contribution in [0.5, 0.6) is 0 Å². The normalized spacial score (nSPS) is 30.3. The van der Waals surface area contributed by atoms with Crippen molar-refractivity contribution < 1.29 is 5.11 Å². The Morgan fingerprint density at radius 1 is 1.44 bits per heavy atom. The van der Waals surface area contributed by atoms with Gasteiger partial charge in [-0.1, -0.05) is 24.3 Å². The van der Waals surface area contributed by atoms with Crippen molar-refractivity contribution in [2.75, 3.05) is 33.2 Å². The fraction of sp³-hybridized carbons (Fsp3) is 0.600. The van der Waals surface area contributed by atoms with Crippen LogP contribution in [0, 0.1) is 0 Å². The number of β-amino-alcohol motifs (C(OH)–C–C–N with tert-alkyl or cyclic N) is 1. The van der Waals surface area contributed by atoms with Gasteiger partial charge in [0.25, 0.3) is 0 Å². The van der Waals surface area contributed by atoms with E-state index < -0.39 is 5.60 Å². The van der Waals surface area contributed by atoms with Crippen LogP contribution < -0.4 is 5.32 Å². The lowest BCUT2D eigenvalue weighted by Gasteiger charge is -2.35. The lowest BCUT2D eigenvalue weighted by Crippen LogP contribution is -2.45. The highest BCUT2D eigenvalue weighted by Gasteiger charge is 2.34. The molecule has 0 bridgehead atoms. The Labute approximate surface area is 109 Å². The lowest BCUT2D eigenvalue weighted by molar-refractivity contribution is 0.0263. The molecule has 2 aliphatic rings. The minimum absolute atomic E-state index is 0.516. The summed E-state index contributed by atoms with van der Waals surface area (Å²) in [6.45, 7) is 3.51. The summed E-state index contributed by atoms with van der Waals surface area (Å²) in [7, 11) is 2.12. The molecule has 3 rings (SSSR count). The Morgan fingerprint density at radius 2 is 2.28 bits per heavy atom. The van der Waals surface area contributed by atoms with Crippen LogP contribution in [0.4, 0.5) is 0 Å². The van der Waals surface area contributed by atoms with E-state index in [4.69, 9.17) is 0 Å². The van der Waals surface area contributed by atoms with Crippen molar-refractivity contribution in [3.05, 3.63) is 35.4 Å². The van der Waals surface area contributed by atoms with E-state index in [9.17, 15) is 5.11 Å². The third kappa shape index (κ3) is 2.30. The van der Waals surface area contributed by atoms with Gasteiger partial charge in [-0.15, -0.1) is 0 Å². The molecule has 0 aromatic heterocycles. The van der Waals surface area contributed by atoms with Gasteiger partial charge in [0.2, 0.25) is 0 Å². The van der Waals surface area contributed by atoms with E-state index in [2.05, 4.69) is 41.5 Å². The van der Waals surface area contributed by atoms with Crippen LogP contribution in [0.15, 0.2) is 24.3 Å². The second-order valence-electron chi connectivity index (χ2n) is 5.95. The Morgan fingerprint density at radius 3 is 3.00 bits per heavy atom. The van der Waals surface area contributed by atoms with E-state index in [1.807, 2.05) is 0 Å². The number of likely N-dealkylation sites (N-methyl/N-ethyl adjacent to an activating group) is 1. The Balaban J connectivity index is 1.55. The van der Waals surface area contributed by atoms with Crippen LogP contribution in [0.25, 0.3) is 0 Å². The van der Waals surface area contributed by atoms with Crippen LogP contribution >= 0.6 is 0 Å². The van der Waals surface area contributed by atoms with Gasteiger partial charge >= 0.3 is 0 Å². The molecule has 1 aliphatic heterocycles. The summed E-state index contributed by atoms with van der Waals surface area (Å²) in [5, 5.41) is 13.6. The monoisotopic (exact) mass is 246 g/mol. The third-order valence-corrected chi connectivity index (χ3v) is 4.28. The number of nitrogens with one attached hydrogen (secondary N) is 1. The fourth-order valence-corrected chi connectivity index (χ4v) is 3.33. The fourth-order valence-electron chi connectivity index (χ4n) is 3.33. The summed E-state index contributed by atoms with van der Waals surface area (Å²) in [5.41, 5.74) is 2.48. The zero-order chi connectivity index (χ0) is 12.6. The van der Waals surface area contributed by atoms with E-state index in [-0.39, 0.29) is 0 Å². The lowest BCUT2D eigenvalue weighted by atomic mass is 9.77.